The van der Waals surface area contributed by atoms with Crippen molar-refractivity contribution >= 4 is 29.1 Å². The molecular weight excluding hydrogens is 273 g/mol. The molecule has 0 bridgehead atoms. The topological polar surface area (TPSA) is 40.5 Å². The Bertz CT molecular complexity index is 445. The number of benzene rings is 1. The van der Waals surface area contributed by atoms with Gasteiger partial charge in [0.05, 0.1) is 0 Å². The normalized spacial score (nSPS) is 15.6. The van der Waals surface area contributed by atoms with Crippen molar-refractivity contribution in [1.82, 2.24) is 4.90 Å². The van der Waals surface area contributed by atoms with Gasteiger partial charge in [-0.1, -0.05) is 29.3 Å². The highest BCUT2D eigenvalue weighted by Crippen LogP contribution is 2.23. The van der Waals surface area contributed by atoms with E-state index >= 15 is 0 Å². The molecule has 1 aliphatic rings. The number of hydrogen-bond acceptors (Lipinski definition) is 2. The second kappa shape index (κ2) is 5.91. The second-order valence-electron chi connectivity index (χ2n) is 4.58. The molecule has 1 saturated heterocycles. The molecule has 0 atom stereocenters. The van der Waals surface area contributed by atoms with Crippen LogP contribution >= 0.6 is 23.2 Å². The molecule has 2 rings (SSSR count). The number of rotatable bonds is 4. The van der Waals surface area contributed by atoms with E-state index in [9.17, 15) is 4.79 Å². The van der Waals surface area contributed by atoms with Gasteiger partial charge in [-0.15, -0.1) is 0 Å². The van der Waals surface area contributed by atoms with Crippen LogP contribution in [0, 0.1) is 5.92 Å². The number of aliphatic hydroxyl groups is 1. The molecule has 0 aliphatic carbocycles. The summed E-state index contributed by atoms with van der Waals surface area (Å²) in [6.45, 7) is 1.50. The second-order valence-corrected chi connectivity index (χ2v) is 5.43. The van der Waals surface area contributed by atoms with Crippen LogP contribution in [-0.2, 0) is 11.2 Å². The lowest BCUT2D eigenvalue weighted by atomic mass is 10.00. The molecule has 1 aliphatic heterocycles. The predicted octanol–water partition coefficient (Wildman–Crippen LogP) is 2.38. The highest BCUT2D eigenvalue weighted by atomic mass is 35.5. The van der Waals surface area contributed by atoms with Gasteiger partial charge in [0.2, 0.25) is 5.91 Å². The lowest BCUT2D eigenvalue weighted by molar-refractivity contribution is -0.138. The molecular formula is C13H15Cl2NO2. The molecule has 0 unspecified atom stereocenters. The smallest absolute Gasteiger partial charge is 0.222 e. The summed E-state index contributed by atoms with van der Waals surface area (Å²) in [6.07, 6.45) is 1.06. The number of carbonyl (C=O) groups is 1. The molecule has 5 heteroatoms. The van der Waals surface area contributed by atoms with Crippen molar-refractivity contribution in [3.8, 4) is 0 Å². The van der Waals surface area contributed by atoms with Crippen LogP contribution in [0.25, 0.3) is 0 Å². The van der Waals surface area contributed by atoms with Crippen LogP contribution in [0.4, 0.5) is 0 Å². The van der Waals surface area contributed by atoms with Gasteiger partial charge < -0.3 is 10.0 Å². The Kier molecular flexibility index (Phi) is 4.49. The largest absolute Gasteiger partial charge is 0.396 e. The third kappa shape index (κ3) is 3.16. The standard InChI is InChI=1S/C13H15Cl2NO2/c14-11-3-1-10(12(15)5-11)2-4-13(18)16-6-9(7-16)8-17/h1,3,5,9,17H,2,4,6-8H2. The number of carbonyl (C=O) groups excluding carboxylic acids is 1. The van der Waals surface area contributed by atoms with E-state index in [-0.39, 0.29) is 18.4 Å². The van der Waals surface area contributed by atoms with Crippen molar-refractivity contribution in [3.63, 3.8) is 0 Å². The fourth-order valence-electron chi connectivity index (χ4n) is 2.01. The van der Waals surface area contributed by atoms with Crippen LogP contribution in [-0.4, -0.2) is 35.6 Å². The van der Waals surface area contributed by atoms with E-state index in [1.54, 1.807) is 17.0 Å². The minimum absolute atomic E-state index is 0.116. The SMILES string of the molecule is O=C(CCc1ccc(Cl)cc1Cl)N1CC(CO)C1. The van der Waals surface area contributed by atoms with Crippen molar-refractivity contribution in [2.45, 2.75) is 12.8 Å². The van der Waals surface area contributed by atoms with Gasteiger partial charge in [0, 0.05) is 42.1 Å². The first-order valence-corrected chi connectivity index (χ1v) is 6.68. The number of halogens is 2. The lowest BCUT2D eigenvalue weighted by Crippen LogP contribution is -2.51. The van der Waals surface area contributed by atoms with E-state index in [0.717, 1.165) is 5.56 Å². The zero-order valence-corrected chi connectivity index (χ0v) is 11.4. The first-order chi connectivity index (χ1) is 8.60. The average Bonchev–Trinajstić information content (AvgIpc) is 2.26. The number of aryl methyl sites for hydroxylation is 1. The Labute approximate surface area is 116 Å². The number of hydrogen-bond donors (Lipinski definition) is 1. The van der Waals surface area contributed by atoms with Crippen LogP contribution < -0.4 is 0 Å². The molecule has 3 nitrogen and oxygen atoms in total. The van der Waals surface area contributed by atoms with E-state index in [1.165, 1.54) is 0 Å². The molecule has 1 heterocycles. The summed E-state index contributed by atoms with van der Waals surface area (Å²) < 4.78 is 0. The molecule has 1 fully saturated rings. The molecule has 1 aromatic carbocycles. The summed E-state index contributed by atoms with van der Waals surface area (Å²) in [5.74, 6) is 0.374. The first kappa shape index (κ1) is 13.7. The molecule has 0 aromatic heterocycles. The van der Waals surface area contributed by atoms with Gasteiger partial charge >= 0.3 is 0 Å². The maximum atomic E-state index is 11.8. The summed E-state index contributed by atoms with van der Waals surface area (Å²) in [4.78, 5) is 13.6. The molecule has 18 heavy (non-hydrogen) atoms. The quantitative estimate of drug-likeness (QED) is 0.924. The van der Waals surface area contributed by atoms with Crippen molar-refractivity contribution in [2.75, 3.05) is 19.7 Å². The molecule has 98 valence electrons. The van der Waals surface area contributed by atoms with Crippen LogP contribution in [0.1, 0.15) is 12.0 Å². The number of likely N-dealkylation sites (tertiary alicyclic amines) is 1. The van der Waals surface area contributed by atoms with E-state index < -0.39 is 0 Å². The molecule has 0 spiro atoms. The van der Waals surface area contributed by atoms with Gasteiger partial charge in [-0.3, -0.25) is 4.79 Å². The molecule has 1 N–H and O–H groups in total. The average molecular weight is 288 g/mol. The maximum Gasteiger partial charge on any atom is 0.222 e. The van der Waals surface area contributed by atoms with Gasteiger partial charge in [-0.05, 0) is 24.1 Å². The Morgan fingerprint density at radius 1 is 1.39 bits per heavy atom. The fourth-order valence-corrected chi connectivity index (χ4v) is 2.52. The Morgan fingerprint density at radius 2 is 2.11 bits per heavy atom. The molecule has 1 aromatic rings. The number of amides is 1. The van der Waals surface area contributed by atoms with Gasteiger partial charge in [0.15, 0.2) is 0 Å². The van der Waals surface area contributed by atoms with Crippen molar-refractivity contribution in [1.29, 1.82) is 0 Å². The predicted molar refractivity (Wildman–Crippen MR) is 71.9 cm³/mol. The van der Waals surface area contributed by atoms with E-state index in [2.05, 4.69) is 0 Å². The molecule has 0 radical (unpaired) electrons. The summed E-state index contributed by atoms with van der Waals surface area (Å²) in [5, 5.41) is 10.1. The van der Waals surface area contributed by atoms with Crippen LogP contribution in [0.3, 0.4) is 0 Å². The third-order valence-corrected chi connectivity index (χ3v) is 3.78. The zero-order chi connectivity index (χ0) is 13.1. The van der Waals surface area contributed by atoms with Gasteiger partial charge in [0.25, 0.3) is 0 Å². The number of nitrogens with zero attached hydrogens (tertiary/aromatic N) is 1. The summed E-state index contributed by atoms with van der Waals surface area (Å²) in [7, 11) is 0. The van der Waals surface area contributed by atoms with E-state index in [0.29, 0.717) is 36.0 Å². The highest BCUT2D eigenvalue weighted by Gasteiger charge is 2.29. The molecule has 0 saturated carbocycles. The minimum atomic E-state index is 0.116. The summed E-state index contributed by atoms with van der Waals surface area (Å²) in [6, 6.07) is 5.32. The monoisotopic (exact) mass is 287 g/mol. The minimum Gasteiger partial charge on any atom is -0.396 e. The third-order valence-electron chi connectivity index (χ3n) is 3.19. The van der Waals surface area contributed by atoms with Gasteiger partial charge in [-0.2, -0.15) is 0 Å². The lowest BCUT2D eigenvalue weighted by Gasteiger charge is -2.38. The van der Waals surface area contributed by atoms with Crippen molar-refractivity contribution in [3.05, 3.63) is 33.8 Å². The Hall–Kier alpha value is -0.770. The number of aliphatic hydroxyl groups excluding tert-OH is 1. The Morgan fingerprint density at radius 3 is 2.72 bits per heavy atom. The zero-order valence-electron chi connectivity index (χ0n) is 9.90. The maximum absolute atomic E-state index is 11.8. The molecule has 1 amide bonds. The van der Waals surface area contributed by atoms with E-state index in [1.807, 2.05) is 6.07 Å². The summed E-state index contributed by atoms with van der Waals surface area (Å²) in [5.41, 5.74) is 0.939. The van der Waals surface area contributed by atoms with Crippen molar-refractivity contribution < 1.29 is 9.90 Å². The van der Waals surface area contributed by atoms with E-state index in [4.69, 9.17) is 28.3 Å². The van der Waals surface area contributed by atoms with Crippen LogP contribution in [0.5, 0.6) is 0 Å². The van der Waals surface area contributed by atoms with Gasteiger partial charge in [-0.25, -0.2) is 0 Å². The Balaban J connectivity index is 1.83. The van der Waals surface area contributed by atoms with Crippen LogP contribution in [0.15, 0.2) is 18.2 Å². The van der Waals surface area contributed by atoms with Gasteiger partial charge in [0.1, 0.15) is 0 Å². The van der Waals surface area contributed by atoms with Crippen molar-refractivity contribution in [2.24, 2.45) is 5.92 Å². The first-order valence-electron chi connectivity index (χ1n) is 5.92. The fraction of sp³-hybridized carbons (Fsp3) is 0.462. The highest BCUT2D eigenvalue weighted by molar-refractivity contribution is 6.35. The summed E-state index contributed by atoms with van der Waals surface area (Å²) >= 11 is 11.9. The van der Waals surface area contributed by atoms with Crippen LogP contribution in [0.2, 0.25) is 10.0 Å².